The molecule has 0 fully saturated rings. The molecule has 4 aliphatic rings. The number of hydrogen-bond donors (Lipinski definition) is 0. The monoisotopic (exact) mass is 1070 g/mol. The Bertz CT molecular complexity index is 4940. The number of anilines is 12. The van der Waals surface area contributed by atoms with Crippen LogP contribution in [0.1, 0.15) is 0 Å². The predicted molar refractivity (Wildman–Crippen MR) is 351 cm³/mol. The summed E-state index contributed by atoms with van der Waals surface area (Å²) >= 11 is 0. The van der Waals surface area contributed by atoms with Crippen molar-refractivity contribution >= 4 is 147 Å². The molecular weight excluding hydrogens is 1020 g/mol. The molecule has 6 nitrogen and oxygen atoms in total. The molecule has 18 rings (SSSR count). The fourth-order valence-corrected chi connectivity index (χ4v) is 14.4. The van der Waals surface area contributed by atoms with Gasteiger partial charge in [-0.05, 0) is 146 Å². The Morgan fingerprint density at radius 1 is 0.345 bits per heavy atom. The van der Waals surface area contributed by atoms with Crippen LogP contribution in [0.15, 0.2) is 296 Å². The van der Waals surface area contributed by atoms with Crippen LogP contribution in [0, 0.1) is 0 Å². The normalized spacial score (nSPS) is 13.2. The van der Waals surface area contributed by atoms with E-state index in [2.05, 4.69) is 311 Å². The minimum Gasteiger partial charge on any atom is -0.457 e. The van der Waals surface area contributed by atoms with Crippen molar-refractivity contribution in [2.45, 2.75) is 0 Å². The molecule has 5 heterocycles. The van der Waals surface area contributed by atoms with E-state index in [0.29, 0.717) is 0 Å². The van der Waals surface area contributed by atoms with Crippen LogP contribution in [0.3, 0.4) is 0 Å². The molecule has 0 radical (unpaired) electrons. The highest BCUT2D eigenvalue weighted by Gasteiger charge is 2.49. The first-order valence-corrected chi connectivity index (χ1v) is 28.9. The van der Waals surface area contributed by atoms with Crippen LogP contribution in [0.4, 0.5) is 68.2 Å². The maximum atomic E-state index is 7.96. The third-order valence-electron chi connectivity index (χ3n) is 17.8. The topological polar surface area (TPSA) is 35.3 Å². The summed E-state index contributed by atoms with van der Waals surface area (Å²) in [7, 11) is 0. The van der Waals surface area contributed by atoms with Crippen molar-refractivity contribution in [2.24, 2.45) is 0 Å². The van der Waals surface area contributed by atoms with Gasteiger partial charge in [0.2, 0.25) is 0 Å². The van der Waals surface area contributed by atoms with Crippen molar-refractivity contribution in [1.82, 2.24) is 0 Å². The molecule has 1 aromatic heterocycles. The summed E-state index contributed by atoms with van der Waals surface area (Å²) in [6, 6.07) is 106. The van der Waals surface area contributed by atoms with Crippen LogP contribution in [0.2, 0.25) is 0 Å². The standard InChI is InChI=1S/C76H48B2N4O2/c1-6-26-52(27-7-1)79(53-28-8-2-9-29-53)57-45-66-72-67(46-57)81(55-32-12-4-13-33-55)65-48-69-62(47-61(65)77(72)59-37-19-21-39-63(59)80(66)54-30-10-3-11-31-54)78-60-38-20-22-40-64(60)82(56-34-14-5-15-35-56)74-71-58-36-18-23-41-68(58)83-75(71)70(76(84-69)73(74)78)51-43-42-49-24-16-17-25-50(49)44-51/h1-48H. The van der Waals surface area contributed by atoms with Crippen molar-refractivity contribution in [1.29, 1.82) is 0 Å². The highest BCUT2D eigenvalue weighted by molar-refractivity contribution is 7.03. The second kappa shape index (κ2) is 18.3. The molecule has 0 bridgehead atoms. The Balaban J connectivity index is 0.966. The van der Waals surface area contributed by atoms with Gasteiger partial charge in [0.15, 0.2) is 0 Å². The minimum atomic E-state index is -0.240. The third kappa shape index (κ3) is 6.82. The maximum Gasteiger partial charge on any atom is 0.256 e. The lowest BCUT2D eigenvalue weighted by Crippen LogP contribution is -2.64. The van der Waals surface area contributed by atoms with E-state index in [9.17, 15) is 0 Å². The molecule has 0 atom stereocenters. The minimum absolute atomic E-state index is 0.170. The van der Waals surface area contributed by atoms with E-state index in [1.165, 1.54) is 27.2 Å². The highest BCUT2D eigenvalue weighted by Crippen LogP contribution is 2.54. The molecular formula is C76H48B2N4O2. The number of furan rings is 1. The summed E-state index contributed by atoms with van der Waals surface area (Å²) in [6.07, 6.45) is 0. The molecule has 0 saturated heterocycles. The van der Waals surface area contributed by atoms with Crippen molar-refractivity contribution in [3.8, 4) is 22.6 Å². The van der Waals surface area contributed by atoms with Crippen molar-refractivity contribution in [3.63, 3.8) is 0 Å². The Kier molecular flexibility index (Phi) is 10.2. The first kappa shape index (κ1) is 46.8. The lowest BCUT2D eigenvalue weighted by molar-refractivity contribution is 0.489. The number of rotatable bonds is 7. The molecule has 0 amide bonds. The van der Waals surface area contributed by atoms with Crippen molar-refractivity contribution in [3.05, 3.63) is 291 Å². The zero-order chi connectivity index (χ0) is 55.0. The van der Waals surface area contributed by atoms with Gasteiger partial charge in [-0.1, -0.05) is 188 Å². The molecule has 84 heavy (non-hydrogen) atoms. The lowest BCUT2D eigenvalue weighted by Gasteiger charge is -2.46. The van der Waals surface area contributed by atoms with Gasteiger partial charge in [0.1, 0.15) is 22.7 Å². The van der Waals surface area contributed by atoms with Gasteiger partial charge in [0, 0.05) is 68.3 Å². The molecule has 14 aromatic rings. The molecule has 0 N–H and O–H groups in total. The van der Waals surface area contributed by atoms with Crippen LogP contribution < -0.4 is 57.1 Å². The first-order valence-electron chi connectivity index (χ1n) is 28.9. The van der Waals surface area contributed by atoms with Crippen LogP contribution in [0.25, 0.3) is 43.8 Å². The summed E-state index contributed by atoms with van der Waals surface area (Å²) in [5, 5.41) is 4.44. The Morgan fingerprint density at radius 2 is 0.857 bits per heavy atom. The fraction of sp³-hybridized carbons (Fsp3) is 0. The summed E-state index contributed by atoms with van der Waals surface area (Å²) in [4.78, 5) is 9.85. The van der Waals surface area contributed by atoms with Crippen LogP contribution in [0.5, 0.6) is 11.5 Å². The second-order valence-electron chi connectivity index (χ2n) is 22.3. The van der Waals surface area contributed by atoms with E-state index in [1.54, 1.807) is 0 Å². The van der Waals surface area contributed by atoms with Gasteiger partial charge in [-0.2, -0.15) is 0 Å². The third-order valence-corrected chi connectivity index (χ3v) is 17.8. The number of para-hydroxylation sites is 8. The van der Waals surface area contributed by atoms with E-state index < -0.39 is 0 Å². The van der Waals surface area contributed by atoms with Crippen molar-refractivity contribution < 1.29 is 9.15 Å². The van der Waals surface area contributed by atoms with Gasteiger partial charge < -0.3 is 28.8 Å². The average molecular weight is 1070 g/mol. The van der Waals surface area contributed by atoms with Crippen LogP contribution >= 0.6 is 0 Å². The van der Waals surface area contributed by atoms with E-state index in [-0.39, 0.29) is 13.4 Å². The van der Waals surface area contributed by atoms with E-state index in [4.69, 9.17) is 9.15 Å². The van der Waals surface area contributed by atoms with Crippen LogP contribution in [-0.2, 0) is 0 Å². The largest absolute Gasteiger partial charge is 0.457 e. The summed E-state index contributed by atoms with van der Waals surface area (Å²) in [5.41, 5.74) is 23.7. The van der Waals surface area contributed by atoms with Gasteiger partial charge in [-0.25, -0.2) is 0 Å². The van der Waals surface area contributed by atoms with Crippen molar-refractivity contribution in [2.75, 3.05) is 19.6 Å². The zero-order valence-corrected chi connectivity index (χ0v) is 45.5. The summed E-state index contributed by atoms with van der Waals surface area (Å²) in [6.45, 7) is -0.410. The number of ether oxygens (including phenoxy) is 1. The molecule has 0 spiro atoms. The number of nitrogens with zero attached hydrogens (tertiary/aromatic N) is 4. The quantitative estimate of drug-likeness (QED) is 0.148. The Hall–Kier alpha value is -11.0. The molecule has 390 valence electrons. The summed E-state index contributed by atoms with van der Waals surface area (Å²) < 4.78 is 15.2. The van der Waals surface area contributed by atoms with Gasteiger partial charge in [0.25, 0.3) is 13.4 Å². The van der Waals surface area contributed by atoms with E-state index in [1.807, 2.05) is 0 Å². The van der Waals surface area contributed by atoms with Crippen LogP contribution in [-0.4, -0.2) is 13.4 Å². The molecule has 0 aliphatic carbocycles. The highest BCUT2D eigenvalue weighted by atomic mass is 16.5. The fourth-order valence-electron chi connectivity index (χ4n) is 14.4. The average Bonchev–Trinajstić information content (AvgIpc) is 1.24. The predicted octanol–water partition coefficient (Wildman–Crippen LogP) is 16.4. The lowest BCUT2D eigenvalue weighted by atomic mass is 9.30. The zero-order valence-electron chi connectivity index (χ0n) is 45.5. The maximum absolute atomic E-state index is 7.96. The van der Waals surface area contributed by atoms with Gasteiger partial charge in [-0.15, -0.1) is 0 Å². The molecule has 0 saturated carbocycles. The Morgan fingerprint density at radius 3 is 1.50 bits per heavy atom. The van der Waals surface area contributed by atoms with Gasteiger partial charge in [0.05, 0.1) is 22.3 Å². The molecule has 8 heteroatoms. The number of hydrogen-bond acceptors (Lipinski definition) is 6. The molecule has 0 unspecified atom stereocenters. The smallest absolute Gasteiger partial charge is 0.256 e. The second-order valence-corrected chi connectivity index (χ2v) is 22.3. The van der Waals surface area contributed by atoms with Gasteiger partial charge in [-0.3, -0.25) is 0 Å². The first-order chi connectivity index (χ1) is 41.7. The Labute approximate surface area is 487 Å². The molecule has 4 aliphatic heterocycles. The number of benzene rings is 13. The van der Waals surface area contributed by atoms with Gasteiger partial charge >= 0.3 is 0 Å². The summed E-state index contributed by atoms with van der Waals surface area (Å²) in [5.74, 6) is 1.61. The molecule has 13 aromatic carbocycles. The number of fused-ring (bicyclic) bond motifs is 13. The SMILES string of the molecule is c1ccc(N(c2ccccc2)c2cc3c4c(c2)N(c2ccccc2)c2cc5c(cc2B4c2ccccc2N3c2ccccc2)B2c3ccccc3N(c3ccccc3)c3c2c(c(-c2ccc4ccccc4c2)c2oc4ccccc4c32)O5)cc1. The van der Waals surface area contributed by atoms with E-state index in [0.717, 1.165) is 129 Å². The van der Waals surface area contributed by atoms with E-state index >= 15 is 0 Å².